The van der Waals surface area contributed by atoms with Crippen molar-refractivity contribution in [2.24, 2.45) is 29.1 Å². The summed E-state index contributed by atoms with van der Waals surface area (Å²) in [5.41, 5.74) is 3.01. The summed E-state index contributed by atoms with van der Waals surface area (Å²) in [7, 11) is 0. The van der Waals surface area contributed by atoms with Crippen LogP contribution in [-0.2, 0) is 33.3 Å². The molecule has 2 aliphatic heterocycles. The first-order valence-electron chi connectivity index (χ1n) is 20.9. The zero-order chi connectivity index (χ0) is 38.9. The van der Waals surface area contributed by atoms with Crippen molar-refractivity contribution in [3.05, 3.63) is 52.6 Å². The molecule has 8 unspecified atom stereocenters. The van der Waals surface area contributed by atoms with Crippen LogP contribution >= 0.6 is 0 Å². The highest BCUT2D eigenvalue weighted by Crippen LogP contribution is 2.61. The van der Waals surface area contributed by atoms with Crippen LogP contribution in [0.2, 0.25) is 0 Å². The van der Waals surface area contributed by atoms with E-state index < -0.39 is 47.7 Å². The van der Waals surface area contributed by atoms with Gasteiger partial charge in [0.1, 0.15) is 23.9 Å². The van der Waals surface area contributed by atoms with Crippen LogP contribution in [-0.4, -0.2) is 77.0 Å². The van der Waals surface area contributed by atoms with Crippen LogP contribution in [0.1, 0.15) is 135 Å². The maximum absolute atomic E-state index is 14.0. The van der Waals surface area contributed by atoms with Crippen LogP contribution in [0.4, 0.5) is 0 Å². The Morgan fingerprint density at radius 3 is 2.44 bits per heavy atom. The second kappa shape index (κ2) is 14.4. The second-order valence-electron chi connectivity index (χ2n) is 19.5. The van der Waals surface area contributed by atoms with Gasteiger partial charge in [0.05, 0.1) is 29.9 Å². The van der Waals surface area contributed by atoms with Crippen LogP contribution in [0.15, 0.2) is 41.5 Å². The highest BCUT2D eigenvalue weighted by Gasteiger charge is 2.64. The molecular formula is C45H61NO9. The Kier molecular flexibility index (Phi) is 10.2. The Balaban J connectivity index is 0.987. The van der Waals surface area contributed by atoms with E-state index in [0.717, 1.165) is 50.5 Å². The molecule has 6 fully saturated rings. The summed E-state index contributed by atoms with van der Waals surface area (Å²) in [6, 6.07) is 7.03. The summed E-state index contributed by atoms with van der Waals surface area (Å²) in [4.78, 5) is 40.2. The number of fused-ring (bicyclic) bond motifs is 3. The van der Waals surface area contributed by atoms with Gasteiger partial charge in [0.25, 0.3) is 0 Å². The topological polar surface area (TPSA) is 133 Å². The van der Waals surface area contributed by atoms with Gasteiger partial charge in [-0.2, -0.15) is 0 Å². The van der Waals surface area contributed by atoms with E-state index in [2.05, 4.69) is 38.2 Å². The first-order chi connectivity index (χ1) is 26.1. The van der Waals surface area contributed by atoms with Gasteiger partial charge in [0, 0.05) is 30.3 Å². The van der Waals surface area contributed by atoms with E-state index in [0.29, 0.717) is 46.3 Å². The molecule has 2 N–H and O–H groups in total. The lowest BCUT2D eigenvalue weighted by Crippen LogP contribution is -2.45. The van der Waals surface area contributed by atoms with E-state index in [1.807, 2.05) is 18.2 Å². The number of aliphatic hydroxyl groups excluding tert-OH is 1. The van der Waals surface area contributed by atoms with Crippen molar-refractivity contribution in [1.29, 1.82) is 0 Å². The number of nitrogens with one attached hydrogen (secondary N) is 1. The highest BCUT2D eigenvalue weighted by atomic mass is 16.8. The Labute approximate surface area is 326 Å². The Bertz CT molecular complexity index is 1720. The molecule has 10 heteroatoms. The number of esters is 2. The quantitative estimate of drug-likeness (QED) is 0.177. The monoisotopic (exact) mass is 759 g/mol. The molecule has 1 aromatic rings. The molecule has 1 aromatic carbocycles. The van der Waals surface area contributed by atoms with Gasteiger partial charge in [-0.1, -0.05) is 37.6 Å². The van der Waals surface area contributed by atoms with Crippen LogP contribution in [0, 0.1) is 29.1 Å². The van der Waals surface area contributed by atoms with Gasteiger partial charge in [0.2, 0.25) is 5.91 Å². The first kappa shape index (κ1) is 38.8. The van der Waals surface area contributed by atoms with Crippen molar-refractivity contribution < 1.29 is 43.2 Å². The van der Waals surface area contributed by atoms with Crippen molar-refractivity contribution in [1.82, 2.24) is 5.32 Å². The fraction of sp³-hybridized carbons (Fsp3) is 0.711. The van der Waals surface area contributed by atoms with Gasteiger partial charge in [-0.25, -0.2) is 4.79 Å². The van der Waals surface area contributed by atoms with Crippen molar-refractivity contribution in [3.8, 4) is 0 Å². The van der Waals surface area contributed by atoms with Crippen LogP contribution < -0.4 is 5.32 Å². The largest absolute Gasteiger partial charge is 0.460 e. The Morgan fingerprint density at radius 1 is 1.02 bits per heavy atom. The molecule has 7 aliphatic rings. The number of benzene rings is 1. The molecule has 2 heterocycles. The van der Waals surface area contributed by atoms with Crippen molar-refractivity contribution in [3.63, 3.8) is 0 Å². The number of epoxide rings is 1. The molecule has 0 radical (unpaired) electrons. The Hall–Kier alpha value is -3.05. The predicted molar refractivity (Wildman–Crippen MR) is 205 cm³/mol. The second-order valence-corrected chi connectivity index (χ2v) is 19.5. The van der Waals surface area contributed by atoms with Gasteiger partial charge >= 0.3 is 11.9 Å². The molecule has 5 aliphatic carbocycles. The molecule has 8 rings (SSSR count). The van der Waals surface area contributed by atoms with Gasteiger partial charge in [-0.15, -0.1) is 0 Å². The minimum Gasteiger partial charge on any atom is -0.460 e. The van der Waals surface area contributed by atoms with Gasteiger partial charge in [-0.3, -0.25) is 9.59 Å². The smallest absolute Gasteiger partial charge is 0.338 e. The normalized spacial score (nSPS) is 34.6. The van der Waals surface area contributed by atoms with E-state index >= 15 is 0 Å². The fourth-order valence-corrected chi connectivity index (χ4v) is 10.1. The van der Waals surface area contributed by atoms with Crippen LogP contribution in [0.5, 0.6) is 0 Å². The van der Waals surface area contributed by atoms with Gasteiger partial charge < -0.3 is 34.1 Å². The minimum absolute atomic E-state index is 0.0244. The lowest BCUT2D eigenvalue weighted by Gasteiger charge is -2.53. The number of hydrogen-bond donors (Lipinski definition) is 2. The van der Waals surface area contributed by atoms with E-state index in [1.165, 1.54) is 18.4 Å². The van der Waals surface area contributed by atoms with Crippen molar-refractivity contribution in [2.45, 2.75) is 166 Å². The fourth-order valence-electron chi connectivity index (χ4n) is 10.1. The molecule has 300 valence electrons. The summed E-state index contributed by atoms with van der Waals surface area (Å²) in [6.07, 6.45) is 12.6. The highest BCUT2D eigenvalue weighted by molar-refractivity contribution is 5.94. The number of carbonyl (C=O) groups is 3. The molecule has 8 atom stereocenters. The summed E-state index contributed by atoms with van der Waals surface area (Å²) in [6.45, 7) is 12.1. The molecule has 2 saturated heterocycles. The molecule has 1 amide bonds. The van der Waals surface area contributed by atoms with E-state index in [9.17, 15) is 19.5 Å². The first-order valence-corrected chi connectivity index (χ1v) is 20.9. The predicted octanol–water partition coefficient (Wildman–Crippen LogP) is 7.22. The van der Waals surface area contributed by atoms with Crippen LogP contribution in [0.3, 0.4) is 0 Å². The number of allylic oxidation sites excluding steroid dienone is 1. The number of aliphatic hydroxyl groups is 1. The average molecular weight is 760 g/mol. The van der Waals surface area contributed by atoms with Gasteiger partial charge in [-0.05, 0) is 133 Å². The molecule has 10 nitrogen and oxygen atoms in total. The number of hydrogen-bond acceptors (Lipinski definition) is 9. The summed E-state index contributed by atoms with van der Waals surface area (Å²) in [5, 5.41) is 13.0. The lowest BCUT2D eigenvalue weighted by molar-refractivity contribution is -0.209. The van der Waals surface area contributed by atoms with Crippen molar-refractivity contribution in [2.75, 3.05) is 6.61 Å². The lowest BCUT2D eigenvalue weighted by atomic mass is 9.52. The molecule has 0 bridgehead atoms. The molecular weight excluding hydrogens is 698 g/mol. The third kappa shape index (κ3) is 8.21. The van der Waals surface area contributed by atoms with Crippen LogP contribution in [0.25, 0.3) is 6.08 Å². The number of rotatable bonds is 11. The SMILES string of the molecule is CC(C)(C)OC(=O)CCC(CO)NC(=O)C1=CC2OC(C3CC3)(C3CC3)OC2C(OC(=O)c2cccc(C=C3CCC4OC4(C)CCC4C3CC4(C)C)c2)C1. The van der Waals surface area contributed by atoms with Crippen molar-refractivity contribution >= 4 is 23.9 Å². The standard InChI is InChI=1S/C45H61NO9/c1-42(2,3)54-38(48)17-15-32(25-47)46-40(49)29-22-35(39-36(23-29)52-45(55-39,30-11-12-30)31-13-14-31)51-41(50)28-9-7-8-26(21-28)20-27-10-16-37-44(6,53-37)19-18-34-33(27)24-43(34,4)5/h7-9,20-21,23,30-37,39,47H,10-19,22,24-25H2,1-6H3,(H,46,49). The maximum atomic E-state index is 14.0. The minimum atomic E-state index is -0.751. The van der Waals surface area contributed by atoms with E-state index in [1.54, 1.807) is 26.8 Å². The van der Waals surface area contributed by atoms with E-state index in [4.69, 9.17) is 23.7 Å². The average Bonchev–Trinajstić information content (AvgIpc) is 4.03. The zero-order valence-electron chi connectivity index (χ0n) is 33.6. The Morgan fingerprint density at radius 2 is 1.76 bits per heavy atom. The summed E-state index contributed by atoms with van der Waals surface area (Å²) < 4.78 is 31.5. The number of ether oxygens (including phenoxy) is 5. The maximum Gasteiger partial charge on any atom is 0.338 e. The third-order valence-electron chi connectivity index (χ3n) is 13.5. The molecule has 0 aromatic heterocycles. The third-order valence-corrected chi connectivity index (χ3v) is 13.5. The van der Waals surface area contributed by atoms with E-state index in [-0.39, 0.29) is 37.4 Å². The number of amides is 1. The summed E-state index contributed by atoms with van der Waals surface area (Å²) in [5.74, 6) is -0.211. The molecule has 4 saturated carbocycles. The molecule has 55 heavy (non-hydrogen) atoms. The van der Waals surface area contributed by atoms with Gasteiger partial charge in [0.15, 0.2) is 5.79 Å². The number of carbonyl (C=O) groups excluding carboxylic acids is 3. The molecule has 0 spiro atoms. The summed E-state index contributed by atoms with van der Waals surface area (Å²) >= 11 is 0. The zero-order valence-corrected chi connectivity index (χ0v) is 33.6.